The van der Waals surface area contributed by atoms with Gasteiger partial charge in [-0.1, -0.05) is 19.1 Å². The highest BCUT2D eigenvalue weighted by atomic mass is 19.4. The van der Waals surface area contributed by atoms with Gasteiger partial charge in [0.25, 0.3) is 0 Å². The van der Waals surface area contributed by atoms with Gasteiger partial charge in [0.2, 0.25) is 0 Å². The molecule has 0 heterocycles. The van der Waals surface area contributed by atoms with Crippen LogP contribution in [0.3, 0.4) is 0 Å². The Kier molecular flexibility index (Phi) is 2.49. The number of alkyl halides is 3. The van der Waals surface area contributed by atoms with Crippen molar-refractivity contribution in [1.82, 2.24) is 0 Å². The van der Waals surface area contributed by atoms with Crippen molar-refractivity contribution in [3.63, 3.8) is 0 Å². The topological polar surface area (TPSA) is 26.0 Å². The van der Waals surface area contributed by atoms with E-state index in [1.54, 1.807) is 6.07 Å². The largest absolute Gasteiger partial charge is 0.416 e. The summed E-state index contributed by atoms with van der Waals surface area (Å²) in [6.45, 7) is 2.05. The standard InChI is InChI=1S/C12H14F3N/c1-8-6-11(16,7-8)9-3-2-4-10(5-9)12(13,14)15/h2-5,8H,6-7,16H2,1H3. The second kappa shape index (κ2) is 3.48. The van der Waals surface area contributed by atoms with E-state index >= 15 is 0 Å². The first-order valence-corrected chi connectivity index (χ1v) is 5.28. The van der Waals surface area contributed by atoms with Crippen molar-refractivity contribution in [3.8, 4) is 0 Å². The summed E-state index contributed by atoms with van der Waals surface area (Å²) < 4.78 is 37.5. The van der Waals surface area contributed by atoms with Crippen LogP contribution >= 0.6 is 0 Å². The number of rotatable bonds is 1. The Hall–Kier alpha value is -1.03. The monoisotopic (exact) mass is 229 g/mol. The van der Waals surface area contributed by atoms with Crippen LogP contribution in [0.2, 0.25) is 0 Å². The zero-order valence-electron chi connectivity index (χ0n) is 9.01. The van der Waals surface area contributed by atoms with Crippen LogP contribution in [0.4, 0.5) is 13.2 Å². The molecule has 1 aromatic rings. The molecule has 0 radical (unpaired) electrons. The van der Waals surface area contributed by atoms with Gasteiger partial charge in [0.05, 0.1) is 5.56 Å². The number of hydrogen-bond acceptors (Lipinski definition) is 1. The minimum Gasteiger partial charge on any atom is -0.321 e. The second-order valence-electron chi connectivity index (χ2n) is 4.75. The van der Waals surface area contributed by atoms with Gasteiger partial charge in [-0.3, -0.25) is 0 Å². The molecule has 4 heteroatoms. The minimum absolute atomic E-state index is 0.500. The summed E-state index contributed by atoms with van der Waals surface area (Å²) in [5.74, 6) is 0.500. The lowest BCUT2D eigenvalue weighted by Gasteiger charge is -2.44. The molecule has 1 aromatic carbocycles. The van der Waals surface area contributed by atoms with E-state index in [0.717, 1.165) is 18.9 Å². The van der Waals surface area contributed by atoms with Gasteiger partial charge in [-0.25, -0.2) is 0 Å². The Morgan fingerprint density at radius 3 is 2.44 bits per heavy atom. The van der Waals surface area contributed by atoms with Crippen molar-refractivity contribution in [2.24, 2.45) is 11.7 Å². The summed E-state index contributed by atoms with van der Waals surface area (Å²) in [5, 5.41) is 0. The van der Waals surface area contributed by atoms with Crippen LogP contribution in [0.1, 0.15) is 30.9 Å². The maximum atomic E-state index is 12.5. The summed E-state index contributed by atoms with van der Waals surface area (Å²) in [5.41, 5.74) is 5.49. The second-order valence-corrected chi connectivity index (χ2v) is 4.75. The molecular weight excluding hydrogens is 215 g/mol. The molecule has 0 spiro atoms. The molecule has 1 nitrogen and oxygen atoms in total. The Bertz CT molecular complexity index is 391. The van der Waals surface area contributed by atoms with E-state index in [9.17, 15) is 13.2 Å². The van der Waals surface area contributed by atoms with Crippen LogP contribution in [0.25, 0.3) is 0 Å². The van der Waals surface area contributed by atoms with Crippen molar-refractivity contribution < 1.29 is 13.2 Å². The van der Waals surface area contributed by atoms with E-state index in [1.165, 1.54) is 12.1 Å². The van der Waals surface area contributed by atoms with E-state index in [0.29, 0.717) is 11.5 Å². The lowest BCUT2D eigenvalue weighted by molar-refractivity contribution is -0.137. The summed E-state index contributed by atoms with van der Waals surface area (Å²) in [6.07, 6.45) is -2.77. The van der Waals surface area contributed by atoms with E-state index in [1.807, 2.05) is 0 Å². The van der Waals surface area contributed by atoms with Gasteiger partial charge < -0.3 is 5.73 Å². The van der Waals surface area contributed by atoms with Crippen LogP contribution in [-0.4, -0.2) is 0 Å². The fourth-order valence-electron chi connectivity index (χ4n) is 2.42. The van der Waals surface area contributed by atoms with E-state index < -0.39 is 17.3 Å². The lowest BCUT2D eigenvalue weighted by Crippen LogP contribution is -2.48. The van der Waals surface area contributed by atoms with Crippen LogP contribution in [0.15, 0.2) is 24.3 Å². The first-order valence-electron chi connectivity index (χ1n) is 5.28. The third-order valence-corrected chi connectivity index (χ3v) is 3.19. The highest BCUT2D eigenvalue weighted by molar-refractivity contribution is 5.32. The molecule has 0 aliphatic heterocycles. The number of benzene rings is 1. The highest BCUT2D eigenvalue weighted by Crippen LogP contribution is 2.44. The number of hydrogen-bond donors (Lipinski definition) is 1. The third-order valence-electron chi connectivity index (χ3n) is 3.19. The van der Waals surface area contributed by atoms with Crippen molar-refractivity contribution >= 4 is 0 Å². The van der Waals surface area contributed by atoms with Crippen molar-refractivity contribution in [3.05, 3.63) is 35.4 Å². The number of nitrogens with two attached hydrogens (primary N) is 1. The lowest BCUT2D eigenvalue weighted by atomic mass is 9.66. The quantitative estimate of drug-likeness (QED) is 0.785. The molecule has 1 saturated carbocycles. The Balaban J connectivity index is 2.30. The molecular formula is C12H14F3N. The molecule has 1 fully saturated rings. The van der Waals surface area contributed by atoms with Gasteiger partial charge in [0.15, 0.2) is 0 Å². The minimum atomic E-state index is -4.29. The zero-order chi connectivity index (χ0) is 12.0. The molecule has 0 atom stereocenters. The molecule has 16 heavy (non-hydrogen) atoms. The molecule has 2 N–H and O–H groups in total. The van der Waals surface area contributed by atoms with Gasteiger partial charge in [-0.15, -0.1) is 0 Å². The molecule has 0 unspecified atom stereocenters. The molecule has 1 aliphatic carbocycles. The molecule has 0 amide bonds. The smallest absolute Gasteiger partial charge is 0.321 e. The molecule has 2 rings (SSSR count). The van der Waals surface area contributed by atoms with Crippen LogP contribution < -0.4 is 5.73 Å². The predicted octanol–water partition coefficient (Wildman–Crippen LogP) is 3.29. The fourth-order valence-corrected chi connectivity index (χ4v) is 2.42. The van der Waals surface area contributed by atoms with E-state index in [4.69, 9.17) is 5.73 Å². The summed E-state index contributed by atoms with van der Waals surface area (Å²) in [4.78, 5) is 0. The van der Waals surface area contributed by atoms with Gasteiger partial charge in [0, 0.05) is 5.54 Å². The van der Waals surface area contributed by atoms with Crippen molar-refractivity contribution in [1.29, 1.82) is 0 Å². The maximum absolute atomic E-state index is 12.5. The average Bonchev–Trinajstić information content (AvgIpc) is 2.14. The average molecular weight is 229 g/mol. The third kappa shape index (κ3) is 1.94. The van der Waals surface area contributed by atoms with E-state index in [-0.39, 0.29) is 0 Å². The van der Waals surface area contributed by atoms with Crippen LogP contribution in [0.5, 0.6) is 0 Å². The van der Waals surface area contributed by atoms with Gasteiger partial charge in [-0.05, 0) is 36.5 Å². The summed E-state index contributed by atoms with van der Waals surface area (Å²) in [6, 6.07) is 5.36. The number of halogens is 3. The Morgan fingerprint density at radius 1 is 1.31 bits per heavy atom. The molecule has 0 bridgehead atoms. The molecule has 0 saturated heterocycles. The van der Waals surface area contributed by atoms with Gasteiger partial charge in [0.1, 0.15) is 0 Å². The fraction of sp³-hybridized carbons (Fsp3) is 0.500. The maximum Gasteiger partial charge on any atom is 0.416 e. The molecule has 0 aromatic heterocycles. The molecule has 88 valence electrons. The summed E-state index contributed by atoms with van der Waals surface area (Å²) >= 11 is 0. The molecule has 1 aliphatic rings. The van der Waals surface area contributed by atoms with Crippen molar-refractivity contribution in [2.75, 3.05) is 0 Å². The van der Waals surface area contributed by atoms with Crippen molar-refractivity contribution in [2.45, 2.75) is 31.5 Å². The SMILES string of the molecule is CC1CC(N)(c2cccc(C(F)(F)F)c2)C1. The van der Waals surface area contributed by atoms with E-state index in [2.05, 4.69) is 6.92 Å². The first-order chi connectivity index (χ1) is 7.31. The summed E-state index contributed by atoms with van der Waals surface area (Å²) in [7, 11) is 0. The van der Waals surface area contributed by atoms with Gasteiger partial charge >= 0.3 is 6.18 Å². The Labute approximate surface area is 92.5 Å². The predicted molar refractivity (Wildman–Crippen MR) is 55.7 cm³/mol. The Morgan fingerprint density at radius 2 is 1.94 bits per heavy atom. The highest BCUT2D eigenvalue weighted by Gasteiger charge is 2.41. The van der Waals surface area contributed by atoms with Gasteiger partial charge in [-0.2, -0.15) is 13.2 Å². The zero-order valence-corrected chi connectivity index (χ0v) is 9.01. The van der Waals surface area contributed by atoms with Crippen LogP contribution in [-0.2, 0) is 11.7 Å². The van der Waals surface area contributed by atoms with Crippen LogP contribution in [0, 0.1) is 5.92 Å². The normalized spacial score (nSPS) is 29.9. The first kappa shape index (κ1) is 11.5.